The first kappa shape index (κ1) is 21.2. The second kappa shape index (κ2) is 8.74. The molecule has 142 valence electrons. The summed E-state index contributed by atoms with van der Waals surface area (Å²) < 4.78 is 48.9. The van der Waals surface area contributed by atoms with Crippen molar-refractivity contribution in [1.82, 2.24) is 0 Å². The Bertz CT molecular complexity index is 953. The van der Waals surface area contributed by atoms with Gasteiger partial charge in [-0.3, -0.25) is 0 Å². The molecule has 0 aromatic heterocycles. The molecule has 4 nitrogen and oxygen atoms in total. The van der Waals surface area contributed by atoms with Crippen LogP contribution in [0.15, 0.2) is 53.4 Å². The van der Waals surface area contributed by atoms with Gasteiger partial charge >= 0.3 is 0 Å². The molecule has 26 heavy (non-hydrogen) atoms. The van der Waals surface area contributed by atoms with E-state index < -0.39 is 24.9 Å². The number of hydrogen-bond acceptors (Lipinski definition) is 4. The van der Waals surface area contributed by atoms with Crippen LogP contribution in [-0.2, 0) is 19.7 Å². The van der Waals surface area contributed by atoms with Crippen molar-refractivity contribution in [1.29, 1.82) is 0 Å². The van der Waals surface area contributed by atoms with Crippen molar-refractivity contribution < 1.29 is 16.8 Å². The average molecular weight is 435 g/mol. The van der Waals surface area contributed by atoms with E-state index in [9.17, 15) is 16.8 Å². The monoisotopic (exact) mass is 434 g/mol. The molecule has 0 heterocycles. The Kier molecular flexibility index (Phi) is 7.13. The molecule has 8 heteroatoms. The summed E-state index contributed by atoms with van der Waals surface area (Å²) >= 11 is 12.1. The van der Waals surface area contributed by atoms with Crippen LogP contribution < -0.4 is 0 Å². The fourth-order valence-electron chi connectivity index (χ4n) is 2.70. The number of rotatable bonds is 8. The van der Waals surface area contributed by atoms with Crippen LogP contribution in [0.25, 0.3) is 0 Å². The maximum absolute atomic E-state index is 13.2. The Morgan fingerprint density at radius 3 is 2.08 bits per heavy atom. The highest BCUT2D eigenvalue weighted by Gasteiger charge is 2.30. The van der Waals surface area contributed by atoms with E-state index in [4.69, 9.17) is 23.2 Å². The van der Waals surface area contributed by atoms with Gasteiger partial charge in [-0.25, -0.2) is 16.8 Å². The van der Waals surface area contributed by atoms with Crippen molar-refractivity contribution in [3.63, 3.8) is 0 Å². The smallest absolute Gasteiger partial charge is 0.185 e. The van der Waals surface area contributed by atoms with Crippen LogP contribution in [0.2, 0.25) is 10.0 Å². The van der Waals surface area contributed by atoms with Crippen LogP contribution in [0.1, 0.15) is 30.1 Å². The van der Waals surface area contributed by atoms with Crippen molar-refractivity contribution >= 4 is 42.9 Å². The lowest BCUT2D eigenvalue weighted by molar-refractivity contribution is 0.567. The van der Waals surface area contributed by atoms with Crippen molar-refractivity contribution in [2.75, 3.05) is 12.0 Å². The first-order valence-corrected chi connectivity index (χ1v) is 12.4. The molecular weight excluding hydrogens is 415 g/mol. The number of hydrogen-bond donors (Lipinski definition) is 0. The van der Waals surface area contributed by atoms with Gasteiger partial charge in [-0.1, -0.05) is 47.8 Å². The lowest BCUT2D eigenvalue weighted by Crippen LogP contribution is -2.15. The quantitative estimate of drug-likeness (QED) is 0.563. The molecule has 0 aliphatic rings. The molecule has 0 saturated carbocycles. The summed E-state index contributed by atoms with van der Waals surface area (Å²) in [6, 6.07) is 12.8. The van der Waals surface area contributed by atoms with Gasteiger partial charge in [0.25, 0.3) is 0 Å². The Morgan fingerprint density at radius 1 is 0.885 bits per heavy atom. The normalized spacial score (nSPS) is 13.5. The third-order valence-corrected chi connectivity index (χ3v) is 7.79. The Morgan fingerprint density at radius 2 is 1.50 bits per heavy atom. The molecule has 0 saturated heterocycles. The van der Waals surface area contributed by atoms with Gasteiger partial charge in [0.1, 0.15) is 9.84 Å². The largest absolute Gasteiger partial charge is 0.229 e. The maximum Gasteiger partial charge on any atom is 0.185 e. The number of sulfone groups is 2. The van der Waals surface area contributed by atoms with Crippen LogP contribution in [0.4, 0.5) is 0 Å². The van der Waals surface area contributed by atoms with E-state index in [1.807, 2.05) is 0 Å². The molecule has 0 N–H and O–H groups in total. The Labute approximate surface area is 165 Å². The van der Waals surface area contributed by atoms with Crippen molar-refractivity contribution in [2.45, 2.75) is 29.4 Å². The molecule has 2 aromatic rings. The van der Waals surface area contributed by atoms with E-state index in [1.165, 1.54) is 30.5 Å². The first-order chi connectivity index (χ1) is 12.1. The van der Waals surface area contributed by atoms with E-state index in [0.717, 1.165) is 0 Å². The van der Waals surface area contributed by atoms with Crippen molar-refractivity contribution in [3.05, 3.63) is 64.1 Å². The van der Waals surface area contributed by atoms with Gasteiger partial charge in [-0.2, -0.15) is 0 Å². The summed E-state index contributed by atoms with van der Waals surface area (Å²) in [5.41, 5.74) is 0.517. The minimum Gasteiger partial charge on any atom is -0.229 e. The van der Waals surface area contributed by atoms with Gasteiger partial charge in [0.2, 0.25) is 0 Å². The molecule has 1 unspecified atom stereocenters. The van der Waals surface area contributed by atoms with Crippen molar-refractivity contribution in [2.24, 2.45) is 0 Å². The molecule has 2 rings (SSSR count). The lowest BCUT2D eigenvalue weighted by atomic mass is 10.1. The highest BCUT2D eigenvalue weighted by Crippen LogP contribution is 2.37. The van der Waals surface area contributed by atoms with Gasteiger partial charge in [0, 0.05) is 22.1 Å². The fraction of sp³-hybridized carbons (Fsp3) is 0.333. The average Bonchev–Trinajstić information content (AvgIpc) is 2.55. The van der Waals surface area contributed by atoms with Crippen LogP contribution >= 0.6 is 23.2 Å². The van der Waals surface area contributed by atoms with Gasteiger partial charge in [0.05, 0.1) is 10.1 Å². The highest BCUT2D eigenvalue weighted by atomic mass is 35.5. The molecule has 0 aliphatic heterocycles. The summed E-state index contributed by atoms with van der Waals surface area (Å²) in [5, 5.41) is -0.0264. The molecule has 1 atom stereocenters. The third kappa shape index (κ3) is 5.71. The predicted octanol–water partition coefficient (Wildman–Crippen LogP) is 4.72. The predicted molar refractivity (Wildman–Crippen MR) is 106 cm³/mol. The zero-order chi connectivity index (χ0) is 19.4. The Balaban J connectivity index is 2.34. The standard InChI is InChI=1S/C18H20Cl2O4S2/c1-25(21,22)13-5-4-8-18(16-6-2-3-7-17(16)20)26(23,24)15-11-9-14(19)10-12-15/h2-3,6-7,9-12,18H,4-5,8,13H2,1H3. The summed E-state index contributed by atoms with van der Waals surface area (Å²) in [7, 11) is -6.78. The van der Waals surface area contributed by atoms with E-state index in [1.54, 1.807) is 24.3 Å². The highest BCUT2D eigenvalue weighted by molar-refractivity contribution is 7.91. The minimum atomic E-state index is -3.70. The van der Waals surface area contributed by atoms with Crippen LogP contribution in [0.5, 0.6) is 0 Å². The molecule has 2 aromatic carbocycles. The van der Waals surface area contributed by atoms with Crippen LogP contribution in [0, 0.1) is 0 Å². The fourth-order valence-corrected chi connectivity index (χ4v) is 5.74. The topological polar surface area (TPSA) is 68.3 Å². The lowest BCUT2D eigenvalue weighted by Gasteiger charge is -2.19. The van der Waals surface area contributed by atoms with Gasteiger partial charge < -0.3 is 0 Å². The second-order valence-electron chi connectivity index (χ2n) is 6.13. The molecule has 0 radical (unpaired) electrons. The van der Waals surface area contributed by atoms with Crippen LogP contribution in [0.3, 0.4) is 0 Å². The summed E-state index contributed by atoms with van der Waals surface area (Å²) in [5.74, 6) is 0.0310. The molecular formula is C18H20Cl2O4S2. The van der Waals surface area contributed by atoms with Gasteiger partial charge in [-0.15, -0.1) is 0 Å². The molecule has 0 amide bonds. The van der Waals surface area contributed by atoms with E-state index in [-0.39, 0.29) is 17.1 Å². The number of halogens is 2. The van der Waals surface area contributed by atoms with E-state index in [0.29, 0.717) is 28.5 Å². The number of benzene rings is 2. The molecule has 0 aliphatic carbocycles. The zero-order valence-electron chi connectivity index (χ0n) is 14.2. The molecule has 0 spiro atoms. The van der Waals surface area contributed by atoms with Crippen LogP contribution in [-0.4, -0.2) is 28.8 Å². The van der Waals surface area contributed by atoms with E-state index >= 15 is 0 Å². The van der Waals surface area contributed by atoms with Gasteiger partial charge in [0.15, 0.2) is 9.84 Å². The third-order valence-electron chi connectivity index (χ3n) is 4.00. The van der Waals surface area contributed by atoms with E-state index in [2.05, 4.69) is 0 Å². The zero-order valence-corrected chi connectivity index (χ0v) is 17.4. The van der Waals surface area contributed by atoms with Crippen molar-refractivity contribution in [3.8, 4) is 0 Å². The molecule has 0 fully saturated rings. The summed E-state index contributed by atoms with van der Waals surface area (Å²) in [6.07, 6.45) is 2.30. The minimum absolute atomic E-state index is 0.0310. The van der Waals surface area contributed by atoms with Gasteiger partial charge in [-0.05, 0) is 48.7 Å². The maximum atomic E-state index is 13.2. The second-order valence-corrected chi connectivity index (χ2v) is 11.4. The summed E-state index contributed by atoms with van der Waals surface area (Å²) in [4.78, 5) is 0.162. The first-order valence-electron chi connectivity index (χ1n) is 8.03. The Hall–Kier alpha value is -1.08. The summed E-state index contributed by atoms with van der Waals surface area (Å²) in [6.45, 7) is 0. The molecule has 0 bridgehead atoms. The SMILES string of the molecule is CS(=O)(=O)CCCCC(c1ccccc1Cl)S(=O)(=O)c1ccc(Cl)cc1. The number of unbranched alkanes of at least 4 members (excludes halogenated alkanes) is 1.